The van der Waals surface area contributed by atoms with E-state index < -0.39 is 6.36 Å². The largest absolute Gasteiger partial charge is 0.573 e. The van der Waals surface area contributed by atoms with E-state index in [0.717, 1.165) is 5.56 Å². The summed E-state index contributed by atoms with van der Waals surface area (Å²) in [6, 6.07) is 11.2. The Hall–Kier alpha value is -2.41. The predicted molar refractivity (Wildman–Crippen MR) is 71.2 cm³/mol. The molecule has 0 aliphatic heterocycles. The Morgan fingerprint density at radius 2 is 1.80 bits per heavy atom. The lowest BCUT2D eigenvalue weighted by molar-refractivity contribution is -0.274. The number of alkyl halides is 3. The van der Waals surface area contributed by atoms with Gasteiger partial charge in [0.15, 0.2) is 0 Å². The number of ether oxygens (including phenoxy) is 1. The first-order valence-corrected chi connectivity index (χ1v) is 5.82. The third-order valence-corrected chi connectivity index (χ3v) is 2.67. The topological polar surface area (TPSA) is 9.23 Å². The van der Waals surface area contributed by atoms with Gasteiger partial charge in [0.25, 0.3) is 0 Å². The quantitative estimate of drug-likeness (QED) is 0.732. The van der Waals surface area contributed by atoms with Crippen LogP contribution in [0.4, 0.5) is 13.2 Å². The normalized spacial score (nSPS) is 10.9. The van der Waals surface area contributed by atoms with Crippen LogP contribution >= 0.6 is 0 Å². The maximum atomic E-state index is 12.4. The molecule has 1 nitrogen and oxygen atoms in total. The van der Waals surface area contributed by atoms with Crippen LogP contribution in [0.3, 0.4) is 0 Å². The van der Waals surface area contributed by atoms with Gasteiger partial charge in [-0.25, -0.2) is 0 Å². The zero-order valence-electron chi connectivity index (χ0n) is 10.7. The lowest BCUT2D eigenvalue weighted by atomic mass is 10.00. The molecule has 0 bridgehead atoms. The van der Waals surface area contributed by atoms with Crippen molar-refractivity contribution in [1.29, 1.82) is 0 Å². The molecule has 0 amide bonds. The van der Waals surface area contributed by atoms with E-state index in [1.54, 1.807) is 30.3 Å². The zero-order chi connectivity index (χ0) is 14.8. The van der Waals surface area contributed by atoms with Gasteiger partial charge < -0.3 is 4.74 Å². The predicted octanol–water partition coefficient (Wildman–Crippen LogP) is 4.54. The summed E-state index contributed by atoms with van der Waals surface area (Å²) >= 11 is 0. The van der Waals surface area contributed by atoms with Crippen molar-refractivity contribution in [2.75, 3.05) is 0 Å². The third-order valence-electron chi connectivity index (χ3n) is 2.67. The van der Waals surface area contributed by atoms with Gasteiger partial charge in [0, 0.05) is 11.1 Å². The van der Waals surface area contributed by atoms with Crippen LogP contribution in [-0.2, 0) is 0 Å². The van der Waals surface area contributed by atoms with Crippen LogP contribution in [0.2, 0.25) is 0 Å². The van der Waals surface area contributed by atoms with Crippen LogP contribution in [-0.4, -0.2) is 6.36 Å². The smallest absolute Gasteiger partial charge is 0.405 e. The molecule has 0 saturated heterocycles. The first-order valence-electron chi connectivity index (χ1n) is 5.82. The van der Waals surface area contributed by atoms with Crippen molar-refractivity contribution in [3.63, 3.8) is 0 Å². The summed E-state index contributed by atoms with van der Waals surface area (Å²) in [5.41, 5.74) is 2.43. The number of halogens is 3. The second kappa shape index (κ2) is 5.30. The van der Waals surface area contributed by atoms with Gasteiger partial charge in [0.05, 0.1) is 0 Å². The summed E-state index contributed by atoms with van der Waals surface area (Å²) in [5, 5.41) is 0. The lowest BCUT2D eigenvalue weighted by Crippen LogP contribution is -2.17. The minimum Gasteiger partial charge on any atom is -0.405 e. The Morgan fingerprint density at radius 3 is 2.45 bits per heavy atom. The molecule has 0 N–H and O–H groups in total. The molecule has 0 atom stereocenters. The molecule has 0 heterocycles. The molecule has 0 unspecified atom stereocenters. The summed E-state index contributed by atoms with van der Waals surface area (Å²) in [5.74, 6) is 2.24. The van der Waals surface area contributed by atoms with E-state index >= 15 is 0 Å². The molecule has 0 aliphatic rings. The summed E-state index contributed by atoms with van der Waals surface area (Å²) in [6.45, 7) is 1.83. The number of benzene rings is 2. The molecule has 2 aromatic carbocycles. The molecule has 102 valence electrons. The zero-order valence-corrected chi connectivity index (χ0v) is 10.7. The minimum atomic E-state index is -4.73. The Morgan fingerprint density at radius 1 is 1.10 bits per heavy atom. The fourth-order valence-corrected chi connectivity index (χ4v) is 1.94. The lowest BCUT2D eigenvalue weighted by Gasteiger charge is -2.14. The molecular weight excluding hydrogens is 265 g/mol. The maximum absolute atomic E-state index is 12.4. The Balaban J connectivity index is 2.53. The van der Waals surface area contributed by atoms with E-state index in [2.05, 4.69) is 10.7 Å². The van der Waals surface area contributed by atoms with Gasteiger partial charge in [-0.2, -0.15) is 0 Å². The summed E-state index contributed by atoms with van der Waals surface area (Å²) in [6.07, 6.45) is 0.617. The highest BCUT2D eigenvalue weighted by Gasteiger charge is 2.32. The summed E-state index contributed by atoms with van der Waals surface area (Å²) in [4.78, 5) is 0. The van der Waals surface area contributed by atoms with Crippen molar-refractivity contribution in [2.24, 2.45) is 0 Å². The van der Waals surface area contributed by atoms with Gasteiger partial charge in [-0.05, 0) is 36.2 Å². The average molecular weight is 276 g/mol. The number of hydrogen-bond acceptors (Lipinski definition) is 1. The van der Waals surface area contributed by atoms with Gasteiger partial charge in [-0.15, -0.1) is 19.6 Å². The molecule has 2 aromatic rings. The van der Waals surface area contributed by atoms with E-state index in [-0.39, 0.29) is 5.75 Å². The van der Waals surface area contributed by atoms with Crippen molar-refractivity contribution in [3.8, 4) is 29.2 Å². The second-order valence-electron chi connectivity index (χ2n) is 4.28. The van der Waals surface area contributed by atoms with Crippen LogP contribution in [0.5, 0.6) is 5.75 Å². The molecule has 4 heteroatoms. The van der Waals surface area contributed by atoms with Crippen molar-refractivity contribution >= 4 is 0 Å². The van der Waals surface area contributed by atoms with Crippen LogP contribution in [0, 0.1) is 19.3 Å². The molecular formula is C16H11F3O. The van der Waals surface area contributed by atoms with Crippen LogP contribution in [0.25, 0.3) is 11.1 Å². The maximum Gasteiger partial charge on any atom is 0.573 e. The van der Waals surface area contributed by atoms with Crippen molar-refractivity contribution in [2.45, 2.75) is 13.3 Å². The van der Waals surface area contributed by atoms with Crippen molar-refractivity contribution in [3.05, 3.63) is 53.6 Å². The van der Waals surface area contributed by atoms with Gasteiger partial charge in [-0.3, -0.25) is 0 Å². The summed E-state index contributed by atoms with van der Waals surface area (Å²) in [7, 11) is 0. The fraction of sp³-hybridized carbons (Fsp3) is 0.125. The van der Waals surface area contributed by atoms with E-state index in [1.807, 2.05) is 6.92 Å². The molecule has 0 saturated carbocycles. The van der Waals surface area contributed by atoms with Crippen LogP contribution < -0.4 is 4.74 Å². The molecule has 0 aromatic heterocycles. The molecule has 20 heavy (non-hydrogen) atoms. The highest BCUT2D eigenvalue weighted by molar-refractivity contribution is 5.72. The average Bonchev–Trinajstić information content (AvgIpc) is 2.36. The Kier molecular flexibility index (Phi) is 3.71. The fourth-order valence-electron chi connectivity index (χ4n) is 1.94. The first kappa shape index (κ1) is 14.0. The monoisotopic (exact) mass is 276 g/mol. The van der Waals surface area contributed by atoms with Crippen LogP contribution in [0.1, 0.15) is 11.1 Å². The van der Waals surface area contributed by atoms with E-state index in [1.165, 1.54) is 12.1 Å². The highest BCUT2D eigenvalue weighted by Crippen LogP contribution is 2.34. The van der Waals surface area contributed by atoms with Gasteiger partial charge in [0.1, 0.15) is 5.75 Å². The van der Waals surface area contributed by atoms with E-state index in [9.17, 15) is 13.2 Å². The molecule has 2 rings (SSSR count). The number of rotatable bonds is 2. The van der Waals surface area contributed by atoms with Gasteiger partial charge in [0.2, 0.25) is 0 Å². The SMILES string of the molecule is C#Cc1cc(C)cc(-c2ccccc2OC(F)(F)F)c1. The number of para-hydroxylation sites is 1. The molecule has 0 spiro atoms. The van der Waals surface area contributed by atoms with Crippen LogP contribution in [0.15, 0.2) is 42.5 Å². The Bertz CT molecular complexity index is 666. The van der Waals surface area contributed by atoms with Gasteiger partial charge >= 0.3 is 6.36 Å². The van der Waals surface area contributed by atoms with Gasteiger partial charge in [-0.1, -0.05) is 30.2 Å². The van der Waals surface area contributed by atoms with E-state index in [4.69, 9.17) is 6.42 Å². The molecule has 0 radical (unpaired) electrons. The number of hydrogen-bond donors (Lipinski definition) is 0. The third kappa shape index (κ3) is 3.33. The first-order chi connectivity index (χ1) is 9.39. The van der Waals surface area contributed by atoms with E-state index in [0.29, 0.717) is 16.7 Å². The van der Waals surface area contributed by atoms with Crippen molar-refractivity contribution in [1.82, 2.24) is 0 Å². The molecule has 0 fully saturated rings. The number of terminal acetylenes is 1. The highest BCUT2D eigenvalue weighted by atomic mass is 19.4. The standard InChI is InChI=1S/C16H11F3O/c1-3-12-8-11(2)9-13(10-12)14-6-4-5-7-15(14)20-16(17,18)19/h1,4-10H,2H3. The second-order valence-corrected chi connectivity index (χ2v) is 4.28. The van der Waals surface area contributed by atoms with Crippen molar-refractivity contribution < 1.29 is 17.9 Å². The Labute approximate surface area is 115 Å². The number of aryl methyl sites for hydroxylation is 1. The molecule has 0 aliphatic carbocycles. The summed E-state index contributed by atoms with van der Waals surface area (Å²) < 4.78 is 41.3. The minimum absolute atomic E-state index is 0.242.